The Morgan fingerprint density at radius 2 is 2.15 bits per heavy atom. The van der Waals surface area contributed by atoms with Gasteiger partial charge in [0.1, 0.15) is 0 Å². The van der Waals surface area contributed by atoms with Crippen molar-refractivity contribution in [3.05, 3.63) is 35.4 Å². The van der Waals surface area contributed by atoms with E-state index in [1.807, 2.05) is 37.3 Å². The molecule has 1 unspecified atom stereocenters. The van der Waals surface area contributed by atoms with Gasteiger partial charge in [0, 0.05) is 0 Å². The molecule has 0 aliphatic heterocycles. The zero-order chi connectivity index (χ0) is 9.68. The van der Waals surface area contributed by atoms with Crippen LogP contribution in [0.25, 0.3) is 0 Å². The minimum Gasteiger partial charge on any atom is -0.198 e. The molecule has 0 spiro atoms. The number of hydrogen-bond acceptors (Lipinski definition) is 2. The summed E-state index contributed by atoms with van der Waals surface area (Å²) in [6.45, 7) is 1.98. The van der Waals surface area contributed by atoms with Crippen LogP contribution in [-0.2, 0) is 0 Å². The van der Waals surface area contributed by atoms with Gasteiger partial charge in [-0.3, -0.25) is 0 Å². The van der Waals surface area contributed by atoms with E-state index in [-0.39, 0.29) is 12.3 Å². The second kappa shape index (κ2) is 4.28. The molecule has 13 heavy (non-hydrogen) atoms. The van der Waals surface area contributed by atoms with Crippen LogP contribution in [-0.4, -0.2) is 0 Å². The van der Waals surface area contributed by atoms with Crippen LogP contribution in [0.15, 0.2) is 24.3 Å². The lowest BCUT2D eigenvalue weighted by atomic mass is 9.97. The maximum Gasteiger partial charge on any atom is 0.0842 e. The standard InChI is InChI=1S/C11H10N2/c1-9-3-2-4-10(7-9)11(8-13)5-6-12/h2-4,7,11H,5H2,1H3. The highest BCUT2D eigenvalue weighted by Gasteiger charge is 2.08. The second-order valence-electron chi connectivity index (χ2n) is 2.96. The Kier molecular flexibility index (Phi) is 3.06. The molecule has 0 N–H and O–H groups in total. The molecule has 1 aromatic carbocycles. The van der Waals surface area contributed by atoms with Gasteiger partial charge in [-0.15, -0.1) is 0 Å². The number of benzene rings is 1. The highest BCUT2D eigenvalue weighted by Crippen LogP contribution is 2.18. The Balaban J connectivity index is 2.94. The van der Waals surface area contributed by atoms with E-state index in [9.17, 15) is 0 Å². The third-order valence-electron chi connectivity index (χ3n) is 1.90. The summed E-state index contributed by atoms with van der Waals surface area (Å²) >= 11 is 0. The van der Waals surface area contributed by atoms with Crippen molar-refractivity contribution < 1.29 is 0 Å². The summed E-state index contributed by atoms with van der Waals surface area (Å²) in [6.07, 6.45) is 0.264. The van der Waals surface area contributed by atoms with E-state index in [4.69, 9.17) is 10.5 Å². The Bertz CT molecular complexity index is 368. The molecule has 0 heterocycles. The quantitative estimate of drug-likeness (QED) is 0.684. The third kappa shape index (κ3) is 2.32. The fourth-order valence-electron chi connectivity index (χ4n) is 1.22. The Morgan fingerprint density at radius 3 is 2.69 bits per heavy atom. The van der Waals surface area contributed by atoms with Crippen LogP contribution in [0.4, 0.5) is 0 Å². The highest BCUT2D eigenvalue weighted by molar-refractivity contribution is 5.29. The lowest BCUT2D eigenvalue weighted by molar-refractivity contribution is 0.885. The van der Waals surface area contributed by atoms with Crippen molar-refractivity contribution in [3.63, 3.8) is 0 Å². The average Bonchev–Trinajstić information content (AvgIpc) is 2.14. The van der Waals surface area contributed by atoms with Gasteiger partial charge in [0.05, 0.1) is 24.5 Å². The molecule has 64 valence electrons. The monoisotopic (exact) mass is 170 g/mol. The molecule has 0 amide bonds. The molecule has 0 aliphatic rings. The van der Waals surface area contributed by atoms with E-state index < -0.39 is 0 Å². The molecule has 1 rings (SSSR count). The summed E-state index contributed by atoms with van der Waals surface area (Å²) in [5.74, 6) is -0.287. The molecule has 0 aliphatic carbocycles. The van der Waals surface area contributed by atoms with E-state index in [1.54, 1.807) is 0 Å². The largest absolute Gasteiger partial charge is 0.198 e. The zero-order valence-corrected chi connectivity index (χ0v) is 7.49. The van der Waals surface area contributed by atoms with Crippen LogP contribution >= 0.6 is 0 Å². The van der Waals surface area contributed by atoms with Gasteiger partial charge in [-0.25, -0.2) is 0 Å². The van der Waals surface area contributed by atoms with Gasteiger partial charge in [0.15, 0.2) is 0 Å². The smallest absolute Gasteiger partial charge is 0.0842 e. The molecular weight excluding hydrogens is 160 g/mol. The van der Waals surface area contributed by atoms with Gasteiger partial charge in [0.25, 0.3) is 0 Å². The summed E-state index contributed by atoms with van der Waals surface area (Å²) in [6, 6.07) is 11.9. The fourth-order valence-corrected chi connectivity index (χ4v) is 1.22. The Hall–Kier alpha value is -1.80. The van der Waals surface area contributed by atoms with E-state index in [0.717, 1.165) is 11.1 Å². The third-order valence-corrected chi connectivity index (χ3v) is 1.90. The summed E-state index contributed by atoms with van der Waals surface area (Å²) in [5, 5.41) is 17.3. The van der Waals surface area contributed by atoms with Crippen LogP contribution in [0, 0.1) is 29.6 Å². The summed E-state index contributed by atoms with van der Waals surface area (Å²) in [4.78, 5) is 0. The maximum absolute atomic E-state index is 8.80. The Labute approximate surface area is 78.0 Å². The maximum atomic E-state index is 8.80. The van der Waals surface area contributed by atoms with E-state index >= 15 is 0 Å². The van der Waals surface area contributed by atoms with Crippen molar-refractivity contribution in [1.82, 2.24) is 0 Å². The van der Waals surface area contributed by atoms with Crippen LogP contribution in [0.3, 0.4) is 0 Å². The minimum atomic E-state index is -0.287. The van der Waals surface area contributed by atoms with Crippen LogP contribution in [0.2, 0.25) is 0 Å². The zero-order valence-electron chi connectivity index (χ0n) is 7.49. The number of nitriles is 2. The van der Waals surface area contributed by atoms with Gasteiger partial charge in [0.2, 0.25) is 0 Å². The summed E-state index contributed by atoms with van der Waals surface area (Å²) < 4.78 is 0. The first-order valence-electron chi connectivity index (χ1n) is 4.11. The predicted octanol–water partition coefficient (Wildman–Crippen LogP) is 2.52. The van der Waals surface area contributed by atoms with E-state index in [2.05, 4.69) is 6.07 Å². The van der Waals surface area contributed by atoms with Gasteiger partial charge in [-0.2, -0.15) is 10.5 Å². The van der Waals surface area contributed by atoms with Crippen molar-refractivity contribution in [2.45, 2.75) is 19.3 Å². The first-order valence-corrected chi connectivity index (χ1v) is 4.11. The highest BCUT2D eigenvalue weighted by atomic mass is 14.3. The van der Waals surface area contributed by atoms with Crippen molar-refractivity contribution >= 4 is 0 Å². The second-order valence-corrected chi connectivity index (χ2v) is 2.96. The van der Waals surface area contributed by atoms with Gasteiger partial charge >= 0.3 is 0 Å². The van der Waals surface area contributed by atoms with Crippen LogP contribution < -0.4 is 0 Å². The number of hydrogen-bond donors (Lipinski definition) is 0. The predicted molar refractivity (Wildman–Crippen MR) is 49.8 cm³/mol. The van der Waals surface area contributed by atoms with Gasteiger partial charge in [-0.05, 0) is 12.5 Å². The van der Waals surface area contributed by atoms with Crippen LogP contribution in [0.5, 0.6) is 0 Å². The summed E-state index contributed by atoms with van der Waals surface area (Å²) in [7, 11) is 0. The molecule has 2 heteroatoms. The molecular formula is C11H10N2. The van der Waals surface area contributed by atoms with Gasteiger partial charge in [-0.1, -0.05) is 29.8 Å². The minimum absolute atomic E-state index is 0.264. The van der Waals surface area contributed by atoms with Crippen molar-refractivity contribution in [2.75, 3.05) is 0 Å². The molecule has 0 aromatic heterocycles. The molecule has 0 radical (unpaired) electrons. The molecule has 1 aromatic rings. The molecule has 0 saturated heterocycles. The van der Waals surface area contributed by atoms with Crippen molar-refractivity contribution in [2.24, 2.45) is 0 Å². The molecule has 2 nitrogen and oxygen atoms in total. The number of rotatable bonds is 2. The van der Waals surface area contributed by atoms with Gasteiger partial charge < -0.3 is 0 Å². The Morgan fingerprint density at radius 1 is 1.38 bits per heavy atom. The number of aryl methyl sites for hydroxylation is 1. The first-order chi connectivity index (χ1) is 6.27. The first kappa shape index (κ1) is 9.29. The molecule has 0 bridgehead atoms. The summed E-state index contributed by atoms with van der Waals surface area (Å²) in [5.41, 5.74) is 2.06. The number of nitrogens with zero attached hydrogens (tertiary/aromatic N) is 2. The average molecular weight is 170 g/mol. The lowest BCUT2D eigenvalue weighted by Gasteiger charge is -2.04. The van der Waals surface area contributed by atoms with E-state index in [1.165, 1.54) is 0 Å². The topological polar surface area (TPSA) is 47.6 Å². The fraction of sp³-hybridized carbons (Fsp3) is 0.273. The molecule has 0 saturated carbocycles. The normalized spacial score (nSPS) is 11.3. The van der Waals surface area contributed by atoms with Crippen molar-refractivity contribution in [3.8, 4) is 12.1 Å². The SMILES string of the molecule is Cc1cccc(C(C#N)CC#N)c1. The van der Waals surface area contributed by atoms with Crippen LogP contribution in [0.1, 0.15) is 23.5 Å². The molecule has 0 fully saturated rings. The van der Waals surface area contributed by atoms with E-state index in [0.29, 0.717) is 0 Å². The van der Waals surface area contributed by atoms with Crippen molar-refractivity contribution in [1.29, 1.82) is 10.5 Å². The lowest BCUT2D eigenvalue weighted by Crippen LogP contribution is -1.94. The molecule has 1 atom stereocenters.